The molecule has 1 rings (SSSR count). The Kier molecular flexibility index (Phi) is 6.44. The van der Waals surface area contributed by atoms with E-state index in [0.717, 1.165) is 17.0 Å². The summed E-state index contributed by atoms with van der Waals surface area (Å²) in [5.41, 5.74) is 0.427. The molecule has 5 heteroatoms. The summed E-state index contributed by atoms with van der Waals surface area (Å²) in [7, 11) is 5.34. The molecule has 1 atom stereocenters. The van der Waals surface area contributed by atoms with Gasteiger partial charge in [0.25, 0.3) is 0 Å². The third-order valence-corrected chi connectivity index (χ3v) is 4.58. The van der Waals surface area contributed by atoms with Crippen molar-refractivity contribution < 1.29 is 9.59 Å². The first-order valence-electron chi connectivity index (χ1n) is 7.04. The number of carbonyl (C=O) groups excluding carboxylic acids is 2. The average Bonchev–Trinajstić information content (AvgIpc) is 2.54. The van der Waals surface area contributed by atoms with Gasteiger partial charge in [-0.2, -0.15) is 0 Å². The predicted molar refractivity (Wildman–Crippen MR) is 81.0 cm³/mol. The highest BCUT2D eigenvalue weighted by Gasteiger charge is 2.35. The highest BCUT2D eigenvalue weighted by atomic mass is 32.2. The largest absolute Gasteiger partial charge is 0.340 e. The number of hydrogen-bond donors (Lipinski definition) is 0. The summed E-state index contributed by atoms with van der Waals surface area (Å²) >= 11 is 1.57. The Morgan fingerprint density at radius 3 is 2.37 bits per heavy atom. The number of imide groups is 1. The minimum Gasteiger partial charge on any atom is -0.340 e. The van der Waals surface area contributed by atoms with E-state index in [4.69, 9.17) is 7.98 Å². The fourth-order valence-corrected chi connectivity index (χ4v) is 3.26. The van der Waals surface area contributed by atoms with Crippen LogP contribution in [0.1, 0.15) is 59.3 Å². The van der Waals surface area contributed by atoms with Crippen LogP contribution in [-0.2, 0) is 9.59 Å². The standard InChI is InChI=1S/C14H24BNO2S/c1-14(2,3)8-6-4-5-7-9-19-11-10-12(17)16(15)13(11)18/h11H,4-10H2,1-3H3. The van der Waals surface area contributed by atoms with Gasteiger partial charge < -0.3 is 4.81 Å². The lowest BCUT2D eigenvalue weighted by Crippen LogP contribution is -2.28. The maximum Gasteiger partial charge on any atom is 0.242 e. The van der Waals surface area contributed by atoms with E-state index in [1.807, 2.05) is 0 Å². The van der Waals surface area contributed by atoms with Crippen molar-refractivity contribution in [2.24, 2.45) is 5.41 Å². The minimum absolute atomic E-state index is 0.234. The fourth-order valence-electron chi connectivity index (χ4n) is 2.09. The Bertz CT molecular complexity index is 328. The Morgan fingerprint density at radius 1 is 1.21 bits per heavy atom. The number of amides is 2. The number of unbranched alkanes of at least 4 members (excludes halogenated alkanes) is 3. The van der Waals surface area contributed by atoms with Gasteiger partial charge in [-0.25, -0.2) is 0 Å². The molecule has 1 fully saturated rings. The van der Waals surface area contributed by atoms with E-state index >= 15 is 0 Å². The summed E-state index contributed by atoms with van der Waals surface area (Å²) < 4.78 is 0. The molecule has 0 aliphatic carbocycles. The number of rotatable bonds is 7. The number of nitrogens with zero attached hydrogens (tertiary/aromatic N) is 1. The van der Waals surface area contributed by atoms with E-state index in [9.17, 15) is 9.59 Å². The Balaban J connectivity index is 2.03. The van der Waals surface area contributed by atoms with Gasteiger partial charge in [-0.1, -0.05) is 40.0 Å². The molecule has 1 aliphatic heterocycles. The molecule has 0 N–H and O–H groups in total. The van der Waals surface area contributed by atoms with Crippen LogP contribution in [0.15, 0.2) is 0 Å². The van der Waals surface area contributed by atoms with Gasteiger partial charge in [0, 0.05) is 6.42 Å². The molecule has 1 heterocycles. The zero-order valence-corrected chi connectivity index (χ0v) is 13.1. The van der Waals surface area contributed by atoms with Gasteiger partial charge in [-0.3, -0.25) is 9.59 Å². The number of carbonyl (C=O) groups is 2. The van der Waals surface area contributed by atoms with E-state index in [2.05, 4.69) is 20.8 Å². The SMILES string of the molecule is [B]N1C(=O)CC(SCCCCCCC(C)(C)C)C1=O. The number of thioether (sulfide) groups is 1. The highest BCUT2D eigenvalue weighted by Crippen LogP contribution is 2.26. The third-order valence-electron chi connectivity index (χ3n) is 3.28. The molecule has 0 aromatic carbocycles. The molecule has 0 bridgehead atoms. The van der Waals surface area contributed by atoms with Gasteiger partial charge in [-0.05, 0) is 24.0 Å². The summed E-state index contributed by atoms with van der Waals surface area (Å²) in [6.07, 6.45) is 6.35. The van der Waals surface area contributed by atoms with Crippen molar-refractivity contribution in [3.05, 3.63) is 0 Å². The van der Waals surface area contributed by atoms with Crippen molar-refractivity contribution in [3.8, 4) is 0 Å². The smallest absolute Gasteiger partial charge is 0.242 e. The van der Waals surface area contributed by atoms with Gasteiger partial charge in [0.1, 0.15) is 0 Å². The van der Waals surface area contributed by atoms with Crippen molar-refractivity contribution in [1.82, 2.24) is 4.81 Å². The van der Waals surface area contributed by atoms with Crippen molar-refractivity contribution >= 4 is 31.6 Å². The van der Waals surface area contributed by atoms with Crippen LogP contribution in [-0.4, -0.2) is 35.6 Å². The molecule has 0 spiro atoms. The van der Waals surface area contributed by atoms with Gasteiger partial charge in [0.15, 0.2) is 0 Å². The molecule has 3 nitrogen and oxygen atoms in total. The quantitative estimate of drug-likeness (QED) is 0.409. The van der Waals surface area contributed by atoms with Crippen molar-refractivity contribution in [2.75, 3.05) is 5.75 Å². The first-order chi connectivity index (χ1) is 8.81. The van der Waals surface area contributed by atoms with Crippen LogP contribution in [0.25, 0.3) is 0 Å². The lowest BCUT2D eigenvalue weighted by atomic mass is 9.89. The number of hydrogen-bond acceptors (Lipinski definition) is 3. The van der Waals surface area contributed by atoms with E-state index in [-0.39, 0.29) is 23.5 Å². The van der Waals surface area contributed by atoms with Crippen molar-refractivity contribution in [2.45, 2.75) is 64.5 Å². The normalized spacial score (nSPS) is 20.4. The monoisotopic (exact) mass is 281 g/mol. The molecular formula is C14H24BNO2S. The maximum atomic E-state index is 11.6. The van der Waals surface area contributed by atoms with E-state index in [1.54, 1.807) is 11.8 Å². The molecule has 1 aliphatic rings. The van der Waals surface area contributed by atoms with Gasteiger partial charge in [-0.15, -0.1) is 11.8 Å². The van der Waals surface area contributed by atoms with Crippen LogP contribution < -0.4 is 0 Å². The zero-order chi connectivity index (χ0) is 14.5. The molecule has 1 unspecified atom stereocenters. The molecule has 1 saturated heterocycles. The van der Waals surface area contributed by atoms with Crippen LogP contribution >= 0.6 is 11.8 Å². The summed E-state index contributed by atoms with van der Waals surface area (Å²) in [5.74, 6) is 0.447. The summed E-state index contributed by atoms with van der Waals surface area (Å²) in [5, 5.41) is -0.243. The Hall–Kier alpha value is -0.445. The van der Waals surface area contributed by atoms with Gasteiger partial charge in [0.05, 0.1) is 5.25 Å². The molecule has 2 radical (unpaired) electrons. The molecule has 2 amide bonds. The van der Waals surface area contributed by atoms with E-state index < -0.39 is 0 Å². The van der Waals surface area contributed by atoms with Crippen LogP contribution in [0.4, 0.5) is 0 Å². The molecule has 0 aromatic heterocycles. The molecule has 0 saturated carbocycles. The molecular weight excluding hydrogens is 257 g/mol. The molecule has 106 valence electrons. The average molecular weight is 281 g/mol. The van der Waals surface area contributed by atoms with E-state index in [0.29, 0.717) is 5.41 Å². The van der Waals surface area contributed by atoms with Crippen LogP contribution in [0.5, 0.6) is 0 Å². The van der Waals surface area contributed by atoms with Crippen LogP contribution in [0.3, 0.4) is 0 Å². The molecule has 0 aromatic rings. The Morgan fingerprint density at radius 2 is 1.84 bits per heavy atom. The summed E-state index contributed by atoms with van der Waals surface area (Å²) in [6, 6.07) is 0. The lowest BCUT2D eigenvalue weighted by molar-refractivity contribution is -0.132. The molecule has 19 heavy (non-hydrogen) atoms. The maximum absolute atomic E-state index is 11.6. The zero-order valence-electron chi connectivity index (χ0n) is 12.3. The first-order valence-corrected chi connectivity index (χ1v) is 8.09. The minimum atomic E-state index is -0.257. The highest BCUT2D eigenvalue weighted by molar-refractivity contribution is 8.00. The van der Waals surface area contributed by atoms with Crippen LogP contribution in [0, 0.1) is 5.41 Å². The van der Waals surface area contributed by atoms with Gasteiger partial charge >= 0.3 is 0 Å². The topological polar surface area (TPSA) is 37.4 Å². The first kappa shape index (κ1) is 16.6. The second-order valence-electron chi connectivity index (χ2n) is 6.39. The third kappa shape index (κ3) is 6.02. The summed E-state index contributed by atoms with van der Waals surface area (Å²) in [6.45, 7) is 6.80. The Labute approximate surface area is 122 Å². The van der Waals surface area contributed by atoms with Gasteiger partial charge in [0.2, 0.25) is 19.8 Å². The van der Waals surface area contributed by atoms with Crippen molar-refractivity contribution in [3.63, 3.8) is 0 Å². The second-order valence-corrected chi connectivity index (χ2v) is 7.70. The lowest BCUT2D eigenvalue weighted by Gasteiger charge is -2.17. The fraction of sp³-hybridized carbons (Fsp3) is 0.857. The predicted octanol–water partition coefficient (Wildman–Crippen LogP) is 2.93. The van der Waals surface area contributed by atoms with E-state index in [1.165, 1.54) is 25.7 Å². The summed E-state index contributed by atoms with van der Waals surface area (Å²) in [4.78, 5) is 23.5. The second kappa shape index (κ2) is 7.37. The van der Waals surface area contributed by atoms with Crippen LogP contribution in [0.2, 0.25) is 0 Å². The van der Waals surface area contributed by atoms with Crippen molar-refractivity contribution in [1.29, 1.82) is 0 Å².